The quantitative estimate of drug-likeness (QED) is 0.402. The van der Waals surface area contributed by atoms with Crippen LogP contribution in [0.25, 0.3) is 0 Å². The van der Waals surface area contributed by atoms with Crippen molar-refractivity contribution in [3.8, 4) is 0 Å². The maximum Gasteiger partial charge on any atom is 0.209 e. The van der Waals surface area contributed by atoms with E-state index in [0.29, 0.717) is 10.8 Å². The van der Waals surface area contributed by atoms with Gasteiger partial charge in [-0.2, -0.15) is 0 Å². The lowest BCUT2D eigenvalue weighted by atomic mass is 10.0. The molecule has 0 N–H and O–H groups in total. The van der Waals surface area contributed by atoms with Crippen molar-refractivity contribution < 1.29 is 13.2 Å². The minimum Gasteiger partial charge on any atom is -0.289 e. The van der Waals surface area contributed by atoms with Crippen LogP contribution in [0.3, 0.4) is 0 Å². The Balaban J connectivity index is 1.88. The summed E-state index contributed by atoms with van der Waals surface area (Å²) in [5.74, 6) is -0.00116. The summed E-state index contributed by atoms with van der Waals surface area (Å²) in [6.45, 7) is 4.21. The predicted octanol–water partition coefficient (Wildman–Crippen LogP) is 5.99. The average Bonchev–Trinajstić information content (AvgIpc) is 2.68. The van der Waals surface area contributed by atoms with Crippen LogP contribution in [0.1, 0.15) is 41.3 Å². The van der Waals surface area contributed by atoms with E-state index in [-0.39, 0.29) is 31.7 Å². The molecule has 3 nitrogen and oxygen atoms in total. The summed E-state index contributed by atoms with van der Waals surface area (Å²) < 4.78 is 26.4. The number of carbonyl (C=O) groups is 1. The van der Waals surface area contributed by atoms with Crippen LogP contribution in [0.5, 0.6) is 0 Å². The van der Waals surface area contributed by atoms with Crippen molar-refractivity contribution in [2.24, 2.45) is 0 Å². The Bertz CT molecular complexity index is 1210. The molecule has 0 aliphatic carbocycles. The van der Waals surface area contributed by atoms with Crippen LogP contribution < -0.4 is 0 Å². The Morgan fingerprint density at radius 3 is 2.29 bits per heavy atom. The molecule has 6 heteroatoms. The molecule has 1 aliphatic heterocycles. The van der Waals surface area contributed by atoms with Gasteiger partial charge in [0.05, 0.1) is 9.92 Å². The molecule has 4 rings (SSSR count). The minimum atomic E-state index is -3.87. The summed E-state index contributed by atoms with van der Waals surface area (Å²) in [5.41, 5.74) is 1.48. The topological polar surface area (TPSA) is 51.2 Å². The first-order valence-corrected chi connectivity index (χ1v) is 11.5. The van der Waals surface area contributed by atoms with Crippen LogP contribution in [-0.4, -0.2) is 14.2 Å². The Kier molecular flexibility index (Phi) is 4.86. The molecule has 0 atom stereocenters. The molecular weight excluding hydrogens is 412 g/mol. The molecule has 0 bridgehead atoms. The maximum absolute atomic E-state index is 13.2. The number of rotatable bonds is 3. The summed E-state index contributed by atoms with van der Waals surface area (Å²) in [6, 6.07) is 17.5. The third-order valence-electron chi connectivity index (χ3n) is 4.76. The molecule has 0 unspecified atom stereocenters. The first-order valence-electron chi connectivity index (χ1n) is 8.80. The molecule has 0 spiro atoms. The molecule has 0 saturated carbocycles. The van der Waals surface area contributed by atoms with Gasteiger partial charge in [-0.1, -0.05) is 67.5 Å². The molecule has 1 aliphatic rings. The van der Waals surface area contributed by atoms with Crippen molar-refractivity contribution in [2.45, 2.75) is 39.3 Å². The molecule has 142 valence electrons. The van der Waals surface area contributed by atoms with Gasteiger partial charge in [-0.3, -0.25) is 4.79 Å². The molecule has 0 amide bonds. The van der Waals surface area contributed by atoms with Gasteiger partial charge < -0.3 is 0 Å². The number of ketones is 1. The van der Waals surface area contributed by atoms with Gasteiger partial charge >= 0.3 is 0 Å². The molecule has 3 aromatic carbocycles. The number of benzene rings is 3. The van der Waals surface area contributed by atoms with Crippen LogP contribution in [0.15, 0.2) is 80.2 Å². The summed E-state index contributed by atoms with van der Waals surface area (Å²) in [5, 5.41) is 0.101. The van der Waals surface area contributed by atoms with E-state index in [4.69, 9.17) is 11.6 Å². The van der Waals surface area contributed by atoms with E-state index in [2.05, 4.69) is 19.9 Å². The lowest BCUT2D eigenvalue weighted by Gasteiger charge is -2.21. The first kappa shape index (κ1) is 19.2. The zero-order chi connectivity index (χ0) is 20.1. The Hall–Kier alpha value is -2.08. The monoisotopic (exact) mass is 428 g/mol. The van der Waals surface area contributed by atoms with Crippen LogP contribution >= 0.6 is 23.4 Å². The van der Waals surface area contributed by atoms with Gasteiger partial charge in [0.2, 0.25) is 9.84 Å². The Morgan fingerprint density at radius 2 is 1.54 bits per heavy atom. The summed E-state index contributed by atoms with van der Waals surface area (Å²) in [7, 11) is -3.87. The lowest BCUT2D eigenvalue weighted by molar-refractivity contribution is 0.103. The summed E-state index contributed by atoms with van der Waals surface area (Å²) >= 11 is 7.99. The SMILES string of the molecule is CC(C)c1ccccc1Sc1ccc2c(c1Cl)S(=O)(=O)c1ccccc1C2=O. The zero-order valence-electron chi connectivity index (χ0n) is 15.3. The van der Waals surface area contributed by atoms with Crippen molar-refractivity contribution in [3.05, 3.63) is 82.4 Å². The van der Waals surface area contributed by atoms with Crippen molar-refractivity contribution >= 4 is 39.0 Å². The highest BCUT2D eigenvalue weighted by molar-refractivity contribution is 7.99. The third kappa shape index (κ3) is 2.98. The largest absolute Gasteiger partial charge is 0.289 e. The van der Waals surface area contributed by atoms with Crippen LogP contribution in [-0.2, 0) is 9.84 Å². The molecule has 0 saturated heterocycles. The van der Waals surface area contributed by atoms with Gasteiger partial charge in [-0.15, -0.1) is 0 Å². The highest BCUT2D eigenvalue weighted by atomic mass is 35.5. The number of hydrogen-bond donors (Lipinski definition) is 0. The Labute approximate surface area is 173 Å². The van der Waals surface area contributed by atoms with Gasteiger partial charge in [0.25, 0.3) is 0 Å². The first-order chi connectivity index (χ1) is 13.3. The fourth-order valence-electron chi connectivity index (χ4n) is 3.37. The highest BCUT2D eigenvalue weighted by Gasteiger charge is 2.37. The van der Waals surface area contributed by atoms with Crippen molar-refractivity contribution in [1.29, 1.82) is 0 Å². The molecule has 0 radical (unpaired) electrons. The van der Waals surface area contributed by atoms with E-state index in [1.807, 2.05) is 18.2 Å². The fraction of sp³-hybridized carbons (Fsp3) is 0.136. The van der Waals surface area contributed by atoms with Crippen molar-refractivity contribution in [1.82, 2.24) is 0 Å². The number of fused-ring (bicyclic) bond motifs is 2. The molecular formula is C22H17ClO3S2. The zero-order valence-corrected chi connectivity index (χ0v) is 17.7. The standard InChI is InChI=1S/C22H17ClO3S2/c1-13(2)14-7-3-5-9-17(14)27-18-12-11-16-21(24)15-8-4-6-10-19(15)28(25,26)22(16)20(18)23/h3-13H,1-2H3. The number of carbonyl (C=O) groups excluding carboxylic acids is 1. The van der Waals surface area contributed by atoms with Gasteiger partial charge in [-0.25, -0.2) is 8.42 Å². The van der Waals surface area contributed by atoms with Crippen LogP contribution in [0.2, 0.25) is 5.02 Å². The number of hydrogen-bond acceptors (Lipinski definition) is 4. The van der Waals surface area contributed by atoms with Crippen LogP contribution in [0.4, 0.5) is 0 Å². The second kappa shape index (κ2) is 7.07. The number of halogens is 1. The van der Waals surface area contributed by atoms with E-state index in [0.717, 1.165) is 10.5 Å². The van der Waals surface area contributed by atoms with Crippen molar-refractivity contribution in [2.75, 3.05) is 0 Å². The van der Waals surface area contributed by atoms with E-state index >= 15 is 0 Å². The maximum atomic E-state index is 13.2. The van der Waals surface area contributed by atoms with E-state index in [9.17, 15) is 13.2 Å². The van der Waals surface area contributed by atoms with E-state index < -0.39 is 9.84 Å². The highest BCUT2D eigenvalue weighted by Crippen LogP contribution is 2.45. The third-order valence-corrected chi connectivity index (χ3v) is 8.42. The van der Waals surface area contributed by atoms with Crippen LogP contribution in [0, 0.1) is 0 Å². The minimum absolute atomic E-state index is 0.0131. The molecule has 1 heterocycles. The average molecular weight is 429 g/mol. The van der Waals surface area contributed by atoms with Gasteiger partial charge in [-0.05, 0) is 41.8 Å². The van der Waals surface area contributed by atoms with Crippen molar-refractivity contribution in [3.63, 3.8) is 0 Å². The normalized spacial score (nSPS) is 14.6. The summed E-state index contributed by atoms with van der Waals surface area (Å²) in [4.78, 5) is 14.4. The Morgan fingerprint density at radius 1 is 0.857 bits per heavy atom. The second-order valence-electron chi connectivity index (χ2n) is 6.88. The second-order valence-corrected chi connectivity index (χ2v) is 10.2. The molecule has 3 aromatic rings. The van der Waals surface area contributed by atoms with E-state index in [1.165, 1.54) is 23.9 Å². The smallest absolute Gasteiger partial charge is 0.209 e. The molecule has 28 heavy (non-hydrogen) atoms. The van der Waals surface area contributed by atoms with Gasteiger partial charge in [0.15, 0.2) is 5.78 Å². The van der Waals surface area contributed by atoms with Gasteiger partial charge in [0.1, 0.15) is 4.90 Å². The van der Waals surface area contributed by atoms with E-state index in [1.54, 1.807) is 24.3 Å². The predicted molar refractivity (Wildman–Crippen MR) is 111 cm³/mol. The lowest BCUT2D eigenvalue weighted by Crippen LogP contribution is -2.20. The number of sulfone groups is 1. The molecule has 0 fully saturated rings. The van der Waals surface area contributed by atoms with Gasteiger partial charge in [0, 0.05) is 20.9 Å². The molecule has 0 aromatic heterocycles. The fourth-order valence-corrected chi connectivity index (χ4v) is 6.88. The summed E-state index contributed by atoms with van der Waals surface area (Å²) in [6.07, 6.45) is 0.